The number of aliphatic imine (C=N–C) groups is 1. The van der Waals surface area contributed by atoms with Crippen LogP contribution in [0.2, 0.25) is 0 Å². The zero-order valence-corrected chi connectivity index (χ0v) is 6.64. The average molecular weight is 158 g/mol. The Balaban J connectivity index is 2.21. The van der Waals surface area contributed by atoms with Crippen LogP contribution in [0, 0.1) is 0 Å². The van der Waals surface area contributed by atoms with Crippen LogP contribution in [0.1, 0.15) is 11.6 Å². The molecule has 1 N–H and O–H groups in total. The Morgan fingerprint density at radius 1 is 1.17 bits per heavy atom. The van der Waals surface area contributed by atoms with E-state index in [4.69, 9.17) is 0 Å². The van der Waals surface area contributed by atoms with Gasteiger partial charge in [-0.15, -0.1) is 0 Å². The number of nitrogens with one attached hydrogen (secondary N) is 1. The third-order valence-corrected chi connectivity index (χ3v) is 1.83. The fraction of sp³-hybridized carbons (Fsp3) is 0.100. The Morgan fingerprint density at radius 2 is 2.00 bits per heavy atom. The number of benzene rings is 1. The molecule has 0 spiro atoms. The van der Waals surface area contributed by atoms with E-state index in [9.17, 15) is 0 Å². The summed E-state index contributed by atoms with van der Waals surface area (Å²) in [5.74, 6) is 0. The lowest BCUT2D eigenvalue weighted by Gasteiger charge is -2.14. The molecule has 60 valence electrons. The highest BCUT2D eigenvalue weighted by atomic mass is 14.9. The summed E-state index contributed by atoms with van der Waals surface area (Å²) in [5, 5.41) is 3.21. The molecule has 2 nitrogen and oxygen atoms in total. The van der Waals surface area contributed by atoms with E-state index < -0.39 is 0 Å². The Bertz CT molecular complexity index is 301. The lowest BCUT2D eigenvalue weighted by molar-refractivity contribution is 0.793. The lowest BCUT2D eigenvalue weighted by Crippen LogP contribution is -2.18. The number of rotatable bonds is 1. The Labute approximate surface area is 71.6 Å². The quantitative estimate of drug-likeness (QED) is 0.663. The second kappa shape index (κ2) is 3.22. The van der Waals surface area contributed by atoms with Gasteiger partial charge in [-0.2, -0.15) is 0 Å². The largest absolute Gasteiger partial charge is 0.378 e. The van der Waals surface area contributed by atoms with Crippen molar-refractivity contribution in [2.24, 2.45) is 4.99 Å². The van der Waals surface area contributed by atoms with Gasteiger partial charge in [-0.1, -0.05) is 30.3 Å². The van der Waals surface area contributed by atoms with Gasteiger partial charge in [0.25, 0.3) is 0 Å². The predicted molar refractivity (Wildman–Crippen MR) is 50.0 cm³/mol. The van der Waals surface area contributed by atoms with Crippen molar-refractivity contribution in [2.45, 2.75) is 6.04 Å². The van der Waals surface area contributed by atoms with Crippen molar-refractivity contribution in [3.05, 3.63) is 48.3 Å². The van der Waals surface area contributed by atoms with Gasteiger partial charge in [-0.25, -0.2) is 0 Å². The van der Waals surface area contributed by atoms with Crippen LogP contribution in [0.5, 0.6) is 0 Å². The van der Waals surface area contributed by atoms with Crippen LogP contribution in [0.15, 0.2) is 47.7 Å². The minimum absolute atomic E-state index is 0.233. The molecule has 0 fully saturated rings. The second-order valence-corrected chi connectivity index (χ2v) is 2.67. The van der Waals surface area contributed by atoms with E-state index in [0.717, 1.165) is 0 Å². The van der Waals surface area contributed by atoms with E-state index in [-0.39, 0.29) is 6.04 Å². The fourth-order valence-corrected chi connectivity index (χ4v) is 1.21. The minimum Gasteiger partial charge on any atom is -0.378 e. The van der Waals surface area contributed by atoms with Crippen molar-refractivity contribution in [3.8, 4) is 0 Å². The molecule has 0 saturated carbocycles. The van der Waals surface area contributed by atoms with Crippen LogP contribution in [0.25, 0.3) is 0 Å². The maximum Gasteiger partial charge on any atom is 0.0865 e. The molecule has 1 aliphatic heterocycles. The van der Waals surface area contributed by atoms with Gasteiger partial charge < -0.3 is 5.32 Å². The highest BCUT2D eigenvalue weighted by Gasteiger charge is 2.06. The van der Waals surface area contributed by atoms with Crippen molar-refractivity contribution in [1.29, 1.82) is 0 Å². The molecule has 0 bridgehead atoms. The molecule has 1 atom stereocenters. The van der Waals surface area contributed by atoms with Gasteiger partial charge in [-0.3, -0.25) is 4.99 Å². The molecule has 12 heavy (non-hydrogen) atoms. The Hall–Kier alpha value is -1.57. The zero-order valence-electron chi connectivity index (χ0n) is 6.64. The maximum absolute atomic E-state index is 4.07. The predicted octanol–water partition coefficient (Wildman–Crippen LogP) is 1.87. The molecule has 0 radical (unpaired) electrons. The van der Waals surface area contributed by atoms with Crippen LogP contribution in [0.3, 0.4) is 0 Å². The van der Waals surface area contributed by atoms with Crippen molar-refractivity contribution < 1.29 is 0 Å². The summed E-state index contributed by atoms with van der Waals surface area (Å²) in [6, 6.07) is 10.5. The number of hydrogen-bond acceptors (Lipinski definition) is 2. The van der Waals surface area contributed by atoms with Crippen LogP contribution in [-0.2, 0) is 0 Å². The van der Waals surface area contributed by atoms with E-state index in [1.807, 2.05) is 30.6 Å². The lowest BCUT2D eigenvalue weighted by atomic mass is 10.1. The molecule has 0 amide bonds. The molecule has 1 aliphatic rings. The third-order valence-electron chi connectivity index (χ3n) is 1.83. The molecule has 0 saturated heterocycles. The van der Waals surface area contributed by atoms with Gasteiger partial charge in [0.2, 0.25) is 0 Å². The first-order chi connectivity index (χ1) is 5.97. The van der Waals surface area contributed by atoms with E-state index in [1.165, 1.54) is 5.56 Å². The summed E-state index contributed by atoms with van der Waals surface area (Å²) in [6.07, 6.45) is 5.51. The van der Waals surface area contributed by atoms with Crippen LogP contribution in [-0.4, -0.2) is 6.21 Å². The van der Waals surface area contributed by atoms with E-state index in [0.29, 0.717) is 0 Å². The summed E-state index contributed by atoms with van der Waals surface area (Å²) in [7, 11) is 0. The zero-order chi connectivity index (χ0) is 8.23. The van der Waals surface area contributed by atoms with Crippen molar-refractivity contribution in [1.82, 2.24) is 5.32 Å². The van der Waals surface area contributed by atoms with E-state index in [2.05, 4.69) is 22.4 Å². The number of nitrogens with zero attached hydrogens (tertiary/aromatic N) is 1. The van der Waals surface area contributed by atoms with Gasteiger partial charge in [-0.05, 0) is 5.56 Å². The highest BCUT2D eigenvalue weighted by Crippen LogP contribution is 2.11. The molecular weight excluding hydrogens is 148 g/mol. The summed E-state index contributed by atoms with van der Waals surface area (Å²) in [4.78, 5) is 4.07. The standard InChI is InChI=1S/C10H10N2/c1-2-4-9(5-3-1)10-8-11-6-7-12-10/h1-8,10,12H. The molecule has 2 heteroatoms. The Morgan fingerprint density at radius 3 is 2.67 bits per heavy atom. The summed E-state index contributed by atoms with van der Waals surface area (Å²) < 4.78 is 0. The molecule has 2 rings (SSSR count). The molecule has 1 aromatic rings. The topological polar surface area (TPSA) is 24.4 Å². The number of hydrogen-bond donors (Lipinski definition) is 1. The van der Waals surface area contributed by atoms with Gasteiger partial charge in [0.1, 0.15) is 0 Å². The monoisotopic (exact) mass is 158 g/mol. The van der Waals surface area contributed by atoms with Gasteiger partial charge in [0.05, 0.1) is 6.04 Å². The second-order valence-electron chi connectivity index (χ2n) is 2.67. The molecule has 0 aromatic heterocycles. The van der Waals surface area contributed by atoms with Crippen molar-refractivity contribution in [2.75, 3.05) is 0 Å². The van der Waals surface area contributed by atoms with Crippen LogP contribution >= 0.6 is 0 Å². The van der Waals surface area contributed by atoms with Gasteiger partial charge in [0.15, 0.2) is 0 Å². The van der Waals surface area contributed by atoms with Crippen molar-refractivity contribution in [3.63, 3.8) is 0 Å². The first kappa shape index (κ1) is 7.10. The SMILES string of the molecule is C1=CNC(c2ccccc2)C=N1. The molecular formula is C10H10N2. The molecule has 1 aromatic carbocycles. The average Bonchev–Trinajstić information content (AvgIpc) is 2.21. The Kier molecular flexibility index (Phi) is 1.90. The first-order valence-corrected chi connectivity index (χ1v) is 3.96. The third kappa shape index (κ3) is 1.37. The molecule has 0 aliphatic carbocycles. The van der Waals surface area contributed by atoms with E-state index in [1.54, 1.807) is 6.20 Å². The first-order valence-electron chi connectivity index (χ1n) is 3.96. The normalized spacial score (nSPS) is 20.5. The molecule has 1 unspecified atom stereocenters. The smallest absolute Gasteiger partial charge is 0.0865 e. The van der Waals surface area contributed by atoms with Gasteiger partial charge >= 0.3 is 0 Å². The summed E-state index contributed by atoms with van der Waals surface area (Å²) >= 11 is 0. The van der Waals surface area contributed by atoms with E-state index >= 15 is 0 Å². The van der Waals surface area contributed by atoms with Crippen LogP contribution in [0.4, 0.5) is 0 Å². The van der Waals surface area contributed by atoms with Gasteiger partial charge in [0, 0.05) is 18.6 Å². The fourth-order valence-electron chi connectivity index (χ4n) is 1.21. The van der Waals surface area contributed by atoms with Crippen LogP contribution < -0.4 is 5.32 Å². The summed E-state index contributed by atoms with van der Waals surface area (Å²) in [5.41, 5.74) is 1.24. The highest BCUT2D eigenvalue weighted by molar-refractivity contribution is 5.69. The summed E-state index contributed by atoms with van der Waals surface area (Å²) in [6.45, 7) is 0. The minimum atomic E-state index is 0.233. The molecule has 1 heterocycles. The maximum atomic E-state index is 4.07. The van der Waals surface area contributed by atoms with Crippen molar-refractivity contribution >= 4 is 6.21 Å².